The van der Waals surface area contributed by atoms with E-state index in [1.165, 1.54) is 17.7 Å². The summed E-state index contributed by atoms with van der Waals surface area (Å²) in [4.78, 5) is 21.6. The van der Waals surface area contributed by atoms with Gasteiger partial charge in [0.15, 0.2) is 11.6 Å². The molecule has 0 aliphatic carbocycles. The molecule has 0 radical (unpaired) electrons. The SMILES string of the molecule is C=CCC(F)(F)c1cc(-c2nc(-n3cnc4cc(Nc5ccc(C)nn5)ccc43)ccc2C(C)=O)n(C)n1. The van der Waals surface area contributed by atoms with Crippen molar-refractivity contribution >= 4 is 28.3 Å². The number of ketones is 1. The first-order valence-electron chi connectivity index (χ1n) is 11.8. The summed E-state index contributed by atoms with van der Waals surface area (Å²) in [5.41, 5.74) is 3.50. The first-order chi connectivity index (χ1) is 18.2. The van der Waals surface area contributed by atoms with Gasteiger partial charge in [0.2, 0.25) is 0 Å². The van der Waals surface area contributed by atoms with E-state index in [2.05, 4.69) is 32.2 Å². The second-order valence-corrected chi connectivity index (χ2v) is 8.86. The van der Waals surface area contributed by atoms with E-state index in [1.807, 2.05) is 37.3 Å². The summed E-state index contributed by atoms with van der Waals surface area (Å²) in [7, 11) is 1.54. The fourth-order valence-electron chi connectivity index (χ4n) is 4.10. The molecule has 0 spiro atoms. The Balaban J connectivity index is 1.54. The fourth-order valence-corrected chi connectivity index (χ4v) is 4.10. The van der Waals surface area contributed by atoms with E-state index >= 15 is 0 Å². The lowest BCUT2D eigenvalue weighted by Gasteiger charge is -2.11. The number of imidazole rings is 1. The minimum Gasteiger partial charge on any atom is -0.339 e. The number of Topliss-reactive ketones (excluding diaryl/α,β-unsaturated/α-hetero) is 1. The van der Waals surface area contributed by atoms with Crippen molar-refractivity contribution in [3.05, 3.63) is 84.5 Å². The van der Waals surface area contributed by atoms with Crippen molar-refractivity contribution in [3.8, 4) is 17.2 Å². The van der Waals surface area contributed by atoms with Crippen LogP contribution in [-0.4, -0.2) is 40.3 Å². The molecule has 0 unspecified atom stereocenters. The molecule has 0 aliphatic rings. The van der Waals surface area contributed by atoms with Crippen LogP contribution in [0.5, 0.6) is 0 Å². The largest absolute Gasteiger partial charge is 0.339 e. The number of nitrogens with zero attached hydrogens (tertiary/aromatic N) is 7. The highest BCUT2D eigenvalue weighted by atomic mass is 19.3. The standard InChI is InChI=1S/C27H24F2N8O/c1-5-12-27(28,29)23-14-22(36(4)35-23)26-19(17(3)38)8-11-25(32-26)37-15-30-20-13-18(7-9-21(20)37)31-24-10-6-16(2)33-34-24/h5-11,13-15H,1,12H2,2-4H3,(H,31,34). The third-order valence-electron chi connectivity index (χ3n) is 6.02. The molecule has 0 bridgehead atoms. The third-order valence-corrected chi connectivity index (χ3v) is 6.02. The predicted octanol–water partition coefficient (Wildman–Crippen LogP) is 5.53. The van der Waals surface area contributed by atoms with Crippen LogP contribution >= 0.6 is 0 Å². The smallest absolute Gasteiger partial charge is 0.294 e. The molecule has 0 saturated carbocycles. The number of carbonyl (C=O) groups is 1. The molecule has 1 aromatic carbocycles. The highest BCUT2D eigenvalue weighted by Gasteiger charge is 2.34. The topological polar surface area (TPSA) is 103 Å². The normalized spacial score (nSPS) is 11.6. The number of nitrogens with one attached hydrogen (secondary N) is 1. The third kappa shape index (κ3) is 4.65. The molecule has 9 nitrogen and oxygen atoms in total. The number of hydrogen-bond donors (Lipinski definition) is 1. The van der Waals surface area contributed by atoms with Crippen LogP contribution in [0.3, 0.4) is 0 Å². The molecule has 4 heterocycles. The first-order valence-corrected chi connectivity index (χ1v) is 11.8. The number of halogens is 2. The number of fused-ring (bicyclic) bond motifs is 1. The van der Waals surface area contributed by atoms with Gasteiger partial charge in [0.25, 0.3) is 5.92 Å². The summed E-state index contributed by atoms with van der Waals surface area (Å²) < 4.78 is 32.1. The highest BCUT2D eigenvalue weighted by molar-refractivity contribution is 5.99. The van der Waals surface area contributed by atoms with Crippen molar-refractivity contribution in [3.63, 3.8) is 0 Å². The Morgan fingerprint density at radius 1 is 1.13 bits per heavy atom. The number of hydrogen-bond acceptors (Lipinski definition) is 7. The van der Waals surface area contributed by atoms with Crippen LogP contribution in [0.1, 0.15) is 35.1 Å². The maximum absolute atomic E-state index is 14.5. The van der Waals surface area contributed by atoms with E-state index in [0.717, 1.165) is 23.0 Å². The lowest BCUT2D eigenvalue weighted by molar-refractivity contribution is -0.00592. The number of benzene rings is 1. The van der Waals surface area contributed by atoms with Crippen molar-refractivity contribution < 1.29 is 13.6 Å². The predicted molar refractivity (Wildman–Crippen MR) is 140 cm³/mol. The molecule has 11 heteroatoms. The zero-order chi connectivity index (χ0) is 27.0. The molecular weight excluding hydrogens is 490 g/mol. The Kier molecular flexibility index (Phi) is 6.27. The van der Waals surface area contributed by atoms with E-state index in [-0.39, 0.29) is 11.5 Å². The molecular formula is C27H24F2N8O. The lowest BCUT2D eigenvalue weighted by atomic mass is 10.1. The summed E-state index contributed by atoms with van der Waals surface area (Å²) in [5.74, 6) is -2.36. The molecule has 5 rings (SSSR count). The zero-order valence-electron chi connectivity index (χ0n) is 21.0. The number of rotatable bonds is 8. The molecule has 192 valence electrons. The molecule has 0 fully saturated rings. The van der Waals surface area contributed by atoms with E-state index in [4.69, 9.17) is 4.98 Å². The quantitative estimate of drug-likeness (QED) is 0.214. The lowest BCUT2D eigenvalue weighted by Crippen LogP contribution is -2.13. The molecule has 0 aliphatic heterocycles. The molecule has 4 aromatic heterocycles. The highest BCUT2D eigenvalue weighted by Crippen LogP contribution is 2.34. The number of allylic oxidation sites excluding steroid dienone is 1. The summed E-state index contributed by atoms with van der Waals surface area (Å²) in [6.45, 7) is 6.67. The molecule has 0 amide bonds. The molecule has 0 saturated heterocycles. The van der Waals surface area contributed by atoms with Crippen molar-refractivity contribution in [2.75, 3.05) is 5.32 Å². The number of alkyl halides is 2. The van der Waals surface area contributed by atoms with Crippen LogP contribution in [0.15, 0.2) is 67.5 Å². The number of carbonyl (C=O) groups excluding carboxylic acids is 1. The van der Waals surface area contributed by atoms with Crippen LogP contribution in [0.2, 0.25) is 0 Å². The molecule has 0 atom stereocenters. The van der Waals surface area contributed by atoms with Crippen molar-refractivity contribution in [2.24, 2.45) is 7.05 Å². The average Bonchev–Trinajstić information content (AvgIpc) is 3.49. The summed E-state index contributed by atoms with van der Waals surface area (Å²) >= 11 is 0. The van der Waals surface area contributed by atoms with Crippen molar-refractivity contribution in [2.45, 2.75) is 26.2 Å². The van der Waals surface area contributed by atoms with E-state index in [0.29, 0.717) is 28.4 Å². The number of pyridine rings is 1. The van der Waals surface area contributed by atoms with Crippen LogP contribution in [0, 0.1) is 6.92 Å². The van der Waals surface area contributed by atoms with Crippen LogP contribution in [0.4, 0.5) is 20.3 Å². The molecule has 1 N–H and O–H groups in total. The minimum absolute atomic E-state index is 0.245. The van der Waals surface area contributed by atoms with E-state index < -0.39 is 18.0 Å². The van der Waals surface area contributed by atoms with Gasteiger partial charge in [0, 0.05) is 24.7 Å². The van der Waals surface area contributed by atoms with Gasteiger partial charge in [-0.15, -0.1) is 11.7 Å². The van der Waals surface area contributed by atoms with Gasteiger partial charge in [-0.3, -0.25) is 14.0 Å². The van der Waals surface area contributed by atoms with Crippen molar-refractivity contribution in [1.29, 1.82) is 0 Å². The Morgan fingerprint density at radius 2 is 1.95 bits per heavy atom. The van der Waals surface area contributed by atoms with Gasteiger partial charge in [-0.1, -0.05) is 6.08 Å². The van der Waals surface area contributed by atoms with Crippen LogP contribution < -0.4 is 5.32 Å². The van der Waals surface area contributed by atoms with Gasteiger partial charge in [-0.25, -0.2) is 9.97 Å². The first kappa shape index (κ1) is 24.9. The number of anilines is 2. The maximum atomic E-state index is 14.5. The second-order valence-electron chi connectivity index (χ2n) is 8.86. The van der Waals surface area contributed by atoms with Gasteiger partial charge in [-0.05, 0) is 62.4 Å². The van der Waals surface area contributed by atoms with Gasteiger partial charge >= 0.3 is 0 Å². The Labute approximate surface area is 216 Å². The fraction of sp³-hybridized carbons (Fsp3) is 0.185. The van der Waals surface area contributed by atoms with Gasteiger partial charge in [-0.2, -0.15) is 19.0 Å². The van der Waals surface area contributed by atoms with E-state index in [9.17, 15) is 13.6 Å². The summed E-state index contributed by atoms with van der Waals surface area (Å²) in [6.07, 6.45) is 2.21. The van der Waals surface area contributed by atoms with Gasteiger partial charge in [0.1, 0.15) is 23.5 Å². The Hall–Kier alpha value is -4.80. The second kappa shape index (κ2) is 9.58. The summed E-state index contributed by atoms with van der Waals surface area (Å²) in [5, 5.41) is 15.4. The van der Waals surface area contributed by atoms with Crippen molar-refractivity contribution in [1.82, 2.24) is 34.5 Å². The van der Waals surface area contributed by atoms with E-state index in [1.54, 1.807) is 30.1 Å². The Bertz CT molecular complexity index is 1670. The monoisotopic (exact) mass is 514 g/mol. The summed E-state index contributed by atoms with van der Waals surface area (Å²) in [6, 6.07) is 13.9. The molecule has 5 aromatic rings. The zero-order valence-corrected chi connectivity index (χ0v) is 21.0. The van der Waals surface area contributed by atoms with Gasteiger partial charge in [0.05, 0.1) is 22.4 Å². The maximum Gasteiger partial charge on any atom is 0.294 e. The minimum atomic E-state index is -3.19. The van der Waals surface area contributed by atoms with Crippen LogP contribution in [-0.2, 0) is 13.0 Å². The number of aryl methyl sites for hydroxylation is 2. The Morgan fingerprint density at radius 3 is 2.66 bits per heavy atom. The average molecular weight is 515 g/mol. The molecule has 38 heavy (non-hydrogen) atoms. The van der Waals surface area contributed by atoms with Gasteiger partial charge < -0.3 is 5.32 Å². The number of aromatic nitrogens is 7. The van der Waals surface area contributed by atoms with Crippen LogP contribution in [0.25, 0.3) is 28.2 Å².